The number of aliphatic carboxylic acids is 1. The summed E-state index contributed by atoms with van der Waals surface area (Å²) >= 11 is 6.51. The molecule has 1 saturated heterocycles. The highest BCUT2D eigenvalue weighted by molar-refractivity contribution is 6.35. The number of carboxylic acid groups (broad SMARTS) is 1. The molecule has 2 heterocycles. The summed E-state index contributed by atoms with van der Waals surface area (Å²) in [5.41, 5.74) is 2.03. The van der Waals surface area contributed by atoms with Crippen molar-refractivity contribution in [1.82, 2.24) is 4.90 Å². The molecule has 0 radical (unpaired) electrons. The van der Waals surface area contributed by atoms with E-state index in [-0.39, 0.29) is 17.9 Å². The second kappa shape index (κ2) is 5.71. The maximum absolute atomic E-state index is 12.6. The number of likely N-dealkylation sites (N-methyl/N-ethyl adjacent to an activating group) is 1. The van der Waals surface area contributed by atoms with Crippen molar-refractivity contribution >= 4 is 35.1 Å². The molecule has 7 heteroatoms. The highest BCUT2D eigenvalue weighted by Gasteiger charge is 2.59. The van der Waals surface area contributed by atoms with Crippen LogP contribution in [-0.2, 0) is 19.8 Å². The van der Waals surface area contributed by atoms with E-state index < -0.39 is 17.3 Å². The van der Waals surface area contributed by atoms with E-state index in [1.54, 1.807) is 18.0 Å². The Morgan fingerprint density at radius 3 is 2.58 bits per heavy atom. The van der Waals surface area contributed by atoms with Crippen LogP contribution in [0.15, 0.2) is 12.1 Å². The Morgan fingerprint density at radius 1 is 1.27 bits per heavy atom. The molecule has 2 unspecified atom stereocenters. The average Bonchev–Trinajstić information content (AvgIpc) is 3.37. The Labute approximate surface area is 156 Å². The van der Waals surface area contributed by atoms with Gasteiger partial charge in [0.1, 0.15) is 0 Å². The number of nitrogens with zero attached hydrogens (tertiary/aromatic N) is 2. The third-order valence-electron chi connectivity index (χ3n) is 6.05. The van der Waals surface area contributed by atoms with E-state index in [1.165, 1.54) is 4.90 Å². The Hall–Kier alpha value is -2.08. The molecule has 26 heavy (non-hydrogen) atoms. The highest BCUT2D eigenvalue weighted by Crippen LogP contribution is 2.59. The van der Waals surface area contributed by atoms with E-state index in [0.29, 0.717) is 18.0 Å². The number of carbonyl (C=O) groups is 3. The molecule has 3 aliphatic rings. The summed E-state index contributed by atoms with van der Waals surface area (Å²) in [5, 5.41) is 9.67. The Balaban J connectivity index is 1.78. The van der Waals surface area contributed by atoms with Crippen LogP contribution in [0.2, 0.25) is 5.02 Å². The van der Waals surface area contributed by atoms with Crippen molar-refractivity contribution in [2.24, 2.45) is 5.92 Å². The van der Waals surface area contributed by atoms with Crippen molar-refractivity contribution in [2.75, 3.05) is 18.5 Å². The summed E-state index contributed by atoms with van der Waals surface area (Å²) in [6, 6.07) is 3.43. The number of likely N-dealkylation sites (tertiary alicyclic amines) is 1. The van der Waals surface area contributed by atoms with Crippen molar-refractivity contribution in [3.63, 3.8) is 0 Å². The van der Waals surface area contributed by atoms with Crippen LogP contribution < -0.4 is 4.90 Å². The largest absolute Gasteiger partial charge is 0.474 e. The molecule has 2 atom stereocenters. The number of benzene rings is 1. The molecule has 0 bridgehead atoms. The Morgan fingerprint density at radius 2 is 1.96 bits per heavy atom. The normalized spacial score (nSPS) is 26.2. The molecule has 2 amide bonds. The van der Waals surface area contributed by atoms with Gasteiger partial charge in [-0.15, -0.1) is 0 Å². The lowest BCUT2D eigenvalue weighted by atomic mass is 9.87. The number of anilines is 1. The zero-order valence-electron chi connectivity index (χ0n) is 14.8. The number of amides is 2. The van der Waals surface area contributed by atoms with E-state index in [0.717, 1.165) is 36.1 Å². The molecule has 1 saturated carbocycles. The summed E-state index contributed by atoms with van der Waals surface area (Å²) in [5.74, 6) is -2.00. The average molecular weight is 377 g/mol. The van der Waals surface area contributed by atoms with Crippen LogP contribution in [0.3, 0.4) is 0 Å². The van der Waals surface area contributed by atoms with Gasteiger partial charge in [0.05, 0.1) is 22.2 Å². The topological polar surface area (TPSA) is 77.9 Å². The fourth-order valence-electron chi connectivity index (χ4n) is 4.51. The van der Waals surface area contributed by atoms with Crippen LogP contribution >= 0.6 is 11.6 Å². The van der Waals surface area contributed by atoms with Crippen LogP contribution in [0.1, 0.15) is 49.8 Å². The van der Waals surface area contributed by atoms with E-state index in [9.17, 15) is 19.5 Å². The summed E-state index contributed by atoms with van der Waals surface area (Å²) in [4.78, 5) is 39.2. The van der Waals surface area contributed by atoms with Crippen LogP contribution in [-0.4, -0.2) is 41.4 Å². The number of fused-ring (bicyclic) bond motifs is 2. The summed E-state index contributed by atoms with van der Waals surface area (Å²) in [7, 11) is 1.74. The SMILES string of the molecule is CC1CCC(c2cc(Cl)c3c(c2)C2(CC2)C(=O)N3C)N(C(=O)C(=O)O)C1. The summed E-state index contributed by atoms with van der Waals surface area (Å²) in [6.45, 7) is 2.43. The van der Waals surface area contributed by atoms with Crippen molar-refractivity contribution in [3.05, 3.63) is 28.3 Å². The summed E-state index contributed by atoms with van der Waals surface area (Å²) < 4.78 is 0. The van der Waals surface area contributed by atoms with Gasteiger partial charge >= 0.3 is 11.9 Å². The molecule has 0 aromatic heterocycles. The number of piperidine rings is 1. The smallest absolute Gasteiger partial charge is 0.394 e. The van der Waals surface area contributed by atoms with Crippen molar-refractivity contribution < 1.29 is 19.5 Å². The molecule has 1 aromatic carbocycles. The van der Waals surface area contributed by atoms with Gasteiger partial charge in [0, 0.05) is 13.6 Å². The second-order valence-electron chi connectivity index (χ2n) is 7.81. The molecular formula is C19H21ClN2O4. The third-order valence-corrected chi connectivity index (χ3v) is 6.33. The van der Waals surface area contributed by atoms with Gasteiger partial charge in [-0.3, -0.25) is 9.59 Å². The van der Waals surface area contributed by atoms with Crippen LogP contribution in [0, 0.1) is 5.92 Å². The third kappa shape index (κ3) is 2.35. The highest BCUT2D eigenvalue weighted by atomic mass is 35.5. The van der Waals surface area contributed by atoms with E-state index in [2.05, 4.69) is 0 Å². The first-order valence-corrected chi connectivity index (χ1v) is 9.30. The fourth-order valence-corrected chi connectivity index (χ4v) is 4.87. The molecule has 1 aliphatic carbocycles. The lowest BCUT2D eigenvalue weighted by Crippen LogP contribution is -2.44. The number of hydrogen-bond acceptors (Lipinski definition) is 3. The molecule has 138 valence electrons. The van der Waals surface area contributed by atoms with Crippen molar-refractivity contribution in [3.8, 4) is 0 Å². The first kappa shape index (κ1) is 17.3. The molecule has 1 N–H and O–H groups in total. The zero-order chi connectivity index (χ0) is 18.8. The van der Waals surface area contributed by atoms with E-state index >= 15 is 0 Å². The first-order chi connectivity index (χ1) is 12.3. The monoisotopic (exact) mass is 376 g/mol. The van der Waals surface area contributed by atoms with E-state index in [1.807, 2.05) is 13.0 Å². The predicted octanol–water partition coefficient (Wildman–Crippen LogP) is 2.73. The maximum Gasteiger partial charge on any atom is 0.394 e. The molecule has 2 fully saturated rings. The van der Waals surface area contributed by atoms with Gasteiger partial charge in [0.25, 0.3) is 0 Å². The minimum absolute atomic E-state index is 0.0716. The number of carboxylic acids is 1. The second-order valence-corrected chi connectivity index (χ2v) is 8.21. The zero-order valence-corrected chi connectivity index (χ0v) is 15.5. The van der Waals surface area contributed by atoms with Gasteiger partial charge in [-0.25, -0.2) is 4.79 Å². The van der Waals surface area contributed by atoms with Gasteiger partial charge in [-0.05, 0) is 48.8 Å². The standard InChI is InChI=1S/C19H21ClN2O4/c1-10-3-4-14(22(9-10)16(23)17(24)25)11-7-12-15(13(20)8-11)21(2)18(26)19(12)5-6-19/h7-8,10,14H,3-6,9H2,1-2H3,(H,24,25). The fraction of sp³-hybridized carbons (Fsp3) is 0.526. The number of halogens is 1. The molecule has 1 spiro atoms. The lowest BCUT2D eigenvalue weighted by Gasteiger charge is -2.38. The first-order valence-electron chi connectivity index (χ1n) is 8.92. The number of hydrogen-bond donors (Lipinski definition) is 1. The van der Waals surface area contributed by atoms with Gasteiger partial charge in [-0.2, -0.15) is 0 Å². The van der Waals surface area contributed by atoms with Gasteiger partial charge in [-0.1, -0.05) is 24.6 Å². The Kier molecular flexibility index (Phi) is 3.81. The lowest BCUT2D eigenvalue weighted by molar-refractivity contribution is -0.158. The van der Waals surface area contributed by atoms with Crippen molar-refractivity contribution in [1.29, 1.82) is 0 Å². The predicted molar refractivity (Wildman–Crippen MR) is 96.3 cm³/mol. The molecule has 2 aliphatic heterocycles. The van der Waals surface area contributed by atoms with Crippen molar-refractivity contribution in [2.45, 2.75) is 44.1 Å². The Bertz CT molecular complexity index is 833. The number of rotatable bonds is 1. The molecule has 1 aromatic rings. The molecule has 4 rings (SSSR count). The maximum atomic E-state index is 12.6. The van der Waals surface area contributed by atoms with Crippen LogP contribution in [0.25, 0.3) is 0 Å². The summed E-state index contributed by atoms with van der Waals surface area (Å²) in [6.07, 6.45) is 3.21. The molecular weight excluding hydrogens is 356 g/mol. The van der Waals surface area contributed by atoms with Gasteiger partial charge < -0.3 is 14.9 Å². The number of carbonyl (C=O) groups excluding carboxylic acids is 2. The molecule has 6 nitrogen and oxygen atoms in total. The quantitative estimate of drug-likeness (QED) is 0.764. The van der Waals surface area contributed by atoms with Gasteiger partial charge in [0.2, 0.25) is 5.91 Å². The minimum Gasteiger partial charge on any atom is -0.474 e. The van der Waals surface area contributed by atoms with Crippen LogP contribution in [0.4, 0.5) is 5.69 Å². The van der Waals surface area contributed by atoms with Gasteiger partial charge in [0.15, 0.2) is 0 Å². The van der Waals surface area contributed by atoms with Crippen LogP contribution in [0.5, 0.6) is 0 Å². The minimum atomic E-state index is -1.44. The van der Waals surface area contributed by atoms with E-state index in [4.69, 9.17) is 11.6 Å².